The molecule has 0 aromatic carbocycles. The van der Waals surface area contributed by atoms with Crippen LogP contribution in [0, 0.1) is 0 Å². The average molecular weight is 237 g/mol. The van der Waals surface area contributed by atoms with E-state index in [1.807, 2.05) is 0 Å². The first kappa shape index (κ1) is 11.4. The Kier molecular flexibility index (Phi) is 3.85. The lowest BCUT2D eigenvalue weighted by Crippen LogP contribution is -2.36. The summed E-state index contributed by atoms with van der Waals surface area (Å²) in [6, 6.07) is -0.328. The van der Waals surface area contributed by atoms with Crippen LogP contribution in [-0.4, -0.2) is 43.7 Å². The molecule has 80 valence electrons. The fourth-order valence-corrected chi connectivity index (χ4v) is 2.47. The van der Waals surface area contributed by atoms with E-state index in [4.69, 9.17) is 22.1 Å². The van der Waals surface area contributed by atoms with Crippen LogP contribution in [0.25, 0.3) is 0 Å². The van der Waals surface area contributed by atoms with Gasteiger partial charge in [0, 0.05) is 5.41 Å². The second kappa shape index (κ2) is 4.72. The van der Waals surface area contributed by atoms with Crippen LogP contribution < -0.4 is 5.32 Å². The molecule has 0 aliphatic carbocycles. The van der Waals surface area contributed by atoms with E-state index in [-0.39, 0.29) is 30.2 Å². The standard InChI is InChI=1S/C7H11NO4S2/c9-2-3-12-7(13)8-6-1-4-14(10,11)5-6/h1,4,6,9H,2-3,5H2,(H,8,13)/t6-/m0/s1. The smallest absolute Gasteiger partial charge is 0.257 e. The number of aliphatic hydroxyl groups is 1. The zero-order valence-electron chi connectivity index (χ0n) is 7.34. The number of ether oxygens (including phenoxy) is 1. The van der Waals surface area contributed by atoms with Crippen LogP contribution in [0.3, 0.4) is 0 Å². The lowest BCUT2D eigenvalue weighted by molar-refractivity contribution is 0.191. The first-order chi connectivity index (χ1) is 6.53. The van der Waals surface area contributed by atoms with Gasteiger partial charge in [0.2, 0.25) is 0 Å². The highest BCUT2D eigenvalue weighted by Crippen LogP contribution is 2.07. The van der Waals surface area contributed by atoms with E-state index in [1.54, 1.807) is 0 Å². The van der Waals surface area contributed by atoms with Crippen molar-refractivity contribution in [2.24, 2.45) is 0 Å². The van der Waals surface area contributed by atoms with Gasteiger partial charge in [0.1, 0.15) is 6.61 Å². The van der Waals surface area contributed by atoms with Gasteiger partial charge in [-0.2, -0.15) is 0 Å². The van der Waals surface area contributed by atoms with Crippen LogP contribution >= 0.6 is 12.2 Å². The Hall–Kier alpha value is -0.660. The lowest BCUT2D eigenvalue weighted by atomic mass is 10.3. The summed E-state index contributed by atoms with van der Waals surface area (Å²) in [6.45, 7) is -0.0182. The topological polar surface area (TPSA) is 75.6 Å². The van der Waals surface area contributed by atoms with Crippen LogP contribution in [0.4, 0.5) is 0 Å². The fraction of sp³-hybridized carbons (Fsp3) is 0.571. The van der Waals surface area contributed by atoms with Gasteiger partial charge in [-0.15, -0.1) is 0 Å². The maximum atomic E-state index is 11.0. The highest BCUT2D eigenvalue weighted by atomic mass is 32.2. The summed E-state index contributed by atoms with van der Waals surface area (Å²) in [7, 11) is -3.07. The molecule has 1 heterocycles. The Balaban J connectivity index is 2.34. The average Bonchev–Trinajstić information content (AvgIpc) is 2.42. The number of sulfone groups is 1. The van der Waals surface area contributed by atoms with E-state index < -0.39 is 9.84 Å². The molecule has 0 radical (unpaired) electrons. The summed E-state index contributed by atoms with van der Waals surface area (Å²) in [5.74, 6) is -0.00434. The quantitative estimate of drug-likeness (QED) is 0.625. The van der Waals surface area contributed by atoms with E-state index in [9.17, 15) is 8.42 Å². The molecule has 2 N–H and O–H groups in total. The molecule has 0 spiro atoms. The normalized spacial score (nSPS) is 23.4. The highest BCUT2D eigenvalue weighted by Gasteiger charge is 2.22. The Morgan fingerprint density at radius 3 is 2.93 bits per heavy atom. The zero-order valence-corrected chi connectivity index (χ0v) is 8.97. The molecular weight excluding hydrogens is 226 g/mol. The highest BCUT2D eigenvalue weighted by molar-refractivity contribution is 7.94. The Bertz CT molecular complexity index is 336. The molecule has 1 rings (SSSR count). The Morgan fingerprint density at radius 2 is 2.43 bits per heavy atom. The van der Waals surface area contributed by atoms with Crippen molar-refractivity contribution in [3.05, 3.63) is 11.5 Å². The van der Waals surface area contributed by atoms with E-state index in [2.05, 4.69) is 5.32 Å². The molecule has 0 unspecified atom stereocenters. The lowest BCUT2D eigenvalue weighted by Gasteiger charge is -2.12. The minimum atomic E-state index is -3.07. The van der Waals surface area contributed by atoms with Crippen molar-refractivity contribution in [3.8, 4) is 0 Å². The fourth-order valence-electron chi connectivity index (χ4n) is 0.997. The summed E-state index contributed by atoms with van der Waals surface area (Å²) < 4.78 is 26.8. The molecular formula is C7H11NO4S2. The third kappa shape index (κ3) is 3.60. The van der Waals surface area contributed by atoms with Crippen molar-refractivity contribution in [2.45, 2.75) is 6.04 Å². The molecule has 0 saturated carbocycles. The van der Waals surface area contributed by atoms with Gasteiger partial charge in [0.05, 0.1) is 18.4 Å². The zero-order chi connectivity index (χ0) is 10.6. The van der Waals surface area contributed by atoms with Gasteiger partial charge in [-0.3, -0.25) is 0 Å². The van der Waals surface area contributed by atoms with Gasteiger partial charge < -0.3 is 15.2 Å². The van der Waals surface area contributed by atoms with E-state index in [0.29, 0.717) is 0 Å². The van der Waals surface area contributed by atoms with Gasteiger partial charge in [0.25, 0.3) is 5.17 Å². The van der Waals surface area contributed by atoms with Gasteiger partial charge in [-0.25, -0.2) is 8.42 Å². The number of thiocarbonyl (C=S) groups is 1. The third-order valence-electron chi connectivity index (χ3n) is 1.56. The van der Waals surface area contributed by atoms with E-state index >= 15 is 0 Å². The second-order valence-corrected chi connectivity index (χ2v) is 5.07. The van der Waals surface area contributed by atoms with Crippen LogP contribution in [0.2, 0.25) is 0 Å². The molecule has 0 saturated heterocycles. The van der Waals surface area contributed by atoms with Crippen molar-refractivity contribution >= 4 is 27.2 Å². The van der Waals surface area contributed by atoms with E-state index in [0.717, 1.165) is 5.41 Å². The van der Waals surface area contributed by atoms with Crippen molar-refractivity contribution in [2.75, 3.05) is 19.0 Å². The van der Waals surface area contributed by atoms with Gasteiger partial charge in [0.15, 0.2) is 9.84 Å². The molecule has 5 nitrogen and oxygen atoms in total. The molecule has 0 bridgehead atoms. The first-order valence-corrected chi connectivity index (χ1v) is 6.11. The van der Waals surface area contributed by atoms with Gasteiger partial charge in [-0.05, 0) is 18.3 Å². The predicted molar refractivity (Wildman–Crippen MR) is 55.5 cm³/mol. The van der Waals surface area contributed by atoms with Crippen molar-refractivity contribution in [3.63, 3.8) is 0 Å². The number of rotatable bonds is 3. The Labute approximate surface area is 87.7 Å². The van der Waals surface area contributed by atoms with Crippen LogP contribution in [0.5, 0.6) is 0 Å². The summed E-state index contributed by atoms with van der Waals surface area (Å²) in [6.07, 6.45) is 1.52. The number of hydrogen-bond acceptors (Lipinski definition) is 5. The molecule has 0 aromatic heterocycles. The molecule has 0 aromatic rings. The van der Waals surface area contributed by atoms with Crippen LogP contribution in [0.1, 0.15) is 0 Å². The Morgan fingerprint density at radius 1 is 1.71 bits per heavy atom. The summed E-state index contributed by atoms with van der Waals surface area (Å²) >= 11 is 4.76. The maximum absolute atomic E-state index is 11.0. The van der Waals surface area contributed by atoms with Crippen molar-refractivity contribution in [1.82, 2.24) is 5.32 Å². The molecule has 1 atom stereocenters. The maximum Gasteiger partial charge on any atom is 0.257 e. The molecule has 7 heteroatoms. The van der Waals surface area contributed by atoms with E-state index in [1.165, 1.54) is 6.08 Å². The monoisotopic (exact) mass is 237 g/mol. The minimum absolute atomic E-state index is 0.00434. The molecule has 0 amide bonds. The molecule has 1 aliphatic heterocycles. The molecule has 0 fully saturated rings. The number of aliphatic hydroxyl groups excluding tert-OH is 1. The van der Waals surface area contributed by atoms with Gasteiger partial charge >= 0.3 is 0 Å². The second-order valence-electron chi connectivity index (χ2n) is 2.77. The molecule has 14 heavy (non-hydrogen) atoms. The summed E-state index contributed by atoms with van der Waals surface area (Å²) in [4.78, 5) is 0. The SMILES string of the molecule is O=S1(=O)C=C[C@H](NC(=S)OCCO)C1. The van der Waals surface area contributed by atoms with Crippen molar-refractivity contribution in [1.29, 1.82) is 0 Å². The summed E-state index contributed by atoms with van der Waals surface area (Å²) in [5, 5.41) is 12.4. The summed E-state index contributed by atoms with van der Waals surface area (Å²) in [5.41, 5.74) is 0. The van der Waals surface area contributed by atoms with Crippen LogP contribution in [-0.2, 0) is 14.6 Å². The third-order valence-corrected chi connectivity index (χ3v) is 3.19. The largest absolute Gasteiger partial charge is 0.469 e. The predicted octanol–water partition coefficient (Wildman–Crippen LogP) is -0.819. The minimum Gasteiger partial charge on any atom is -0.469 e. The van der Waals surface area contributed by atoms with Crippen LogP contribution in [0.15, 0.2) is 11.5 Å². The number of nitrogens with one attached hydrogen (secondary N) is 1. The first-order valence-electron chi connectivity index (χ1n) is 3.98. The molecule has 1 aliphatic rings. The number of hydrogen-bond donors (Lipinski definition) is 2. The van der Waals surface area contributed by atoms with Gasteiger partial charge in [-0.1, -0.05) is 0 Å². The van der Waals surface area contributed by atoms with Crippen molar-refractivity contribution < 1.29 is 18.3 Å².